The van der Waals surface area contributed by atoms with E-state index in [1.54, 1.807) is 23.5 Å². The Hall–Kier alpha value is -1.88. The Labute approximate surface area is 114 Å². The van der Waals surface area contributed by atoms with E-state index >= 15 is 0 Å². The minimum Gasteiger partial charge on any atom is -0.496 e. The van der Waals surface area contributed by atoms with Gasteiger partial charge in [-0.05, 0) is 26.0 Å². The third kappa shape index (κ3) is 1.81. The SMILES string of the molecule is COc1cccc(F)c1-c1cn2c(C)c(C)sc2n1. The summed E-state index contributed by atoms with van der Waals surface area (Å²) < 4.78 is 21.2. The van der Waals surface area contributed by atoms with Gasteiger partial charge in [-0.3, -0.25) is 4.40 Å². The highest BCUT2D eigenvalue weighted by atomic mass is 32.1. The van der Waals surface area contributed by atoms with Gasteiger partial charge in [0.05, 0.1) is 18.4 Å². The molecule has 0 saturated heterocycles. The van der Waals surface area contributed by atoms with Crippen LogP contribution >= 0.6 is 11.3 Å². The fourth-order valence-electron chi connectivity index (χ4n) is 2.10. The monoisotopic (exact) mass is 276 g/mol. The van der Waals surface area contributed by atoms with E-state index in [-0.39, 0.29) is 5.82 Å². The normalized spacial score (nSPS) is 11.2. The molecule has 2 heterocycles. The van der Waals surface area contributed by atoms with E-state index in [0.717, 1.165) is 10.7 Å². The number of nitrogens with zero attached hydrogens (tertiary/aromatic N) is 2. The zero-order valence-corrected chi connectivity index (χ0v) is 11.7. The predicted molar refractivity (Wildman–Crippen MR) is 74.5 cm³/mol. The summed E-state index contributed by atoms with van der Waals surface area (Å²) in [5.74, 6) is 0.180. The summed E-state index contributed by atoms with van der Waals surface area (Å²) in [6.45, 7) is 4.08. The summed E-state index contributed by atoms with van der Waals surface area (Å²) in [5, 5.41) is 0. The van der Waals surface area contributed by atoms with E-state index in [4.69, 9.17) is 4.74 Å². The molecule has 0 saturated carbocycles. The van der Waals surface area contributed by atoms with Gasteiger partial charge in [-0.2, -0.15) is 0 Å². The van der Waals surface area contributed by atoms with Gasteiger partial charge in [-0.25, -0.2) is 9.37 Å². The van der Waals surface area contributed by atoms with Gasteiger partial charge in [-0.15, -0.1) is 11.3 Å². The third-order valence-corrected chi connectivity index (χ3v) is 4.31. The first-order chi connectivity index (χ1) is 9.11. The number of methoxy groups -OCH3 is 1. The molecule has 3 aromatic rings. The van der Waals surface area contributed by atoms with Gasteiger partial charge in [0.2, 0.25) is 0 Å². The van der Waals surface area contributed by atoms with Crippen molar-refractivity contribution in [3.8, 4) is 17.0 Å². The largest absolute Gasteiger partial charge is 0.496 e. The van der Waals surface area contributed by atoms with Crippen molar-refractivity contribution in [1.82, 2.24) is 9.38 Å². The molecule has 1 aromatic carbocycles. The molecule has 0 fully saturated rings. The number of benzene rings is 1. The molecule has 0 radical (unpaired) electrons. The maximum absolute atomic E-state index is 14.0. The van der Waals surface area contributed by atoms with E-state index in [2.05, 4.69) is 11.9 Å². The number of thiazole rings is 1. The summed E-state index contributed by atoms with van der Waals surface area (Å²) in [6.07, 6.45) is 1.86. The zero-order chi connectivity index (χ0) is 13.6. The first-order valence-corrected chi connectivity index (χ1v) is 6.71. The molecule has 0 amide bonds. The molecule has 3 rings (SSSR count). The Morgan fingerprint density at radius 1 is 1.32 bits per heavy atom. The van der Waals surface area contributed by atoms with E-state index in [0.29, 0.717) is 17.0 Å². The third-order valence-electron chi connectivity index (χ3n) is 3.24. The van der Waals surface area contributed by atoms with E-state index in [9.17, 15) is 4.39 Å². The summed E-state index contributed by atoms with van der Waals surface area (Å²) >= 11 is 1.60. The molecule has 98 valence electrons. The quantitative estimate of drug-likeness (QED) is 0.711. The molecule has 0 aliphatic heterocycles. The van der Waals surface area contributed by atoms with Crippen LogP contribution in [0.25, 0.3) is 16.2 Å². The minimum atomic E-state index is -0.320. The van der Waals surface area contributed by atoms with Crippen molar-refractivity contribution < 1.29 is 9.13 Å². The zero-order valence-electron chi connectivity index (χ0n) is 10.9. The second-order valence-corrected chi connectivity index (χ2v) is 5.52. The summed E-state index contributed by atoms with van der Waals surface area (Å²) in [4.78, 5) is 6.58. The molecular formula is C14H13FN2OS. The molecule has 0 atom stereocenters. The molecule has 0 aliphatic carbocycles. The lowest BCUT2D eigenvalue weighted by Gasteiger charge is -2.06. The highest BCUT2D eigenvalue weighted by Crippen LogP contribution is 2.33. The molecule has 0 unspecified atom stereocenters. The molecular weight excluding hydrogens is 263 g/mol. The second kappa shape index (κ2) is 4.35. The van der Waals surface area contributed by atoms with Crippen LogP contribution in [0, 0.1) is 19.7 Å². The van der Waals surface area contributed by atoms with Crippen molar-refractivity contribution in [2.24, 2.45) is 0 Å². The second-order valence-electron chi connectivity index (χ2n) is 4.34. The highest BCUT2D eigenvalue weighted by molar-refractivity contribution is 7.17. The van der Waals surface area contributed by atoms with Crippen molar-refractivity contribution in [2.45, 2.75) is 13.8 Å². The van der Waals surface area contributed by atoms with Crippen molar-refractivity contribution in [3.05, 3.63) is 40.8 Å². The Morgan fingerprint density at radius 2 is 2.11 bits per heavy atom. The van der Waals surface area contributed by atoms with Gasteiger partial charge >= 0.3 is 0 Å². The highest BCUT2D eigenvalue weighted by Gasteiger charge is 2.16. The molecule has 0 bridgehead atoms. The molecule has 0 spiro atoms. The van der Waals surface area contributed by atoms with Crippen molar-refractivity contribution in [1.29, 1.82) is 0 Å². The first-order valence-electron chi connectivity index (χ1n) is 5.89. The molecule has 0 N–H and O–H groups in total. The van der Waals surface area contributed by atoms with Crippen LogP contribution in [0.1, 0.15) is 10.6 Å². The lowest BCUT2D eigenvalue weighted by molar-refractivity contribution is 0.413. The Bertz CT molecular complexity index is 760. The van der Waals surface area contributed by atoms with E-state index < -0.39 is 0 Å². The number of hydrogen-bond acceptors (Lipinski definition) is 3. The summed E-state index contributed by atoms with van der Waals surface area (Å²) in [7, 11) is 1.53. The predicted octanol–water partition coefficient (Wildman–Crippen LogP) is 3.83. The number of hydrogen-bond donors (Lipinski definition) is 0. The number of fused-ring (bicyclic) bond motifs is 1. The van der Waals surface area contributed by atoms with Crippen LogP contribution in [0.15, 0.2) is 24.4 Å². The summed E-state index contributed by atoms with van der Waals surface area (Å²) in [6, 6.07) is 4.79. The van der Waals surface area contributed by atoms with Crippen LogP contribution in [0.5, 0.6) is 5.75 Å². The smallest absolute Gasteiger partial charge is 0.194 e. The Balaban J connectivity index is 2.25. The molecule has 5 heteroatoms. The van der Waals surface area contributed by atoms with Crippen molar-refractivity contribution in [2.75, 3.05) is 7.11 Å². The number of ether oxygens (including phenoxy) is 1. The molecule has 2 aromatic heterocycles. The van der Waals surface area contributed by atoms with Gasteiger partial charge in [0.25, 0.3) is 0 Å². The number of imidazole rings is 1. The molecule has 3 nitrogen and oxygen atoms in total. The standard InChI is InChI=1S/C14H13FN2OS/c1-8-9(2)19-14-16-11(7-17(8)14)13-10(15)5-4-6-12(13)18-3/h4-7H,1-3H3. The Kier molecular flexibility index (Phi) is 2.78. The molecule has 0 aliphatic rings. The molecule has 19 heavy (non-hydrogen) atoms. The van der Waals surface area contributed by atoms with Gasteiger partial charge < -0.3 is 4.74 Å². The maximum atomic E-state index is 14.0. The lowest BCUT2D eigenvalue weighted by atomic mass is 10.1. The van der Waals surface area contributed by atoms with Gasteiger partial charge in [0, 0.05) is 16.8 Å². The van der Waals surface area contributed by atoms with Crippen LogP contribution in [0.3, 0.4) is 0 Å². The summed E-state index contributed by atoms with van der Waals surface area (Å²) in [5.41, 5.74) is 2.15. The fourth-order valence-corrected chi connectivity index (χ4v) is 3.05. The maximum Gasteiger partial charge on any atom is 0.194 e. The van der Waals surface area contributed by atoms with Crippen molar-refractivity contribution >= 4 is 16.3 Å². The van der Waals surface area contributed by atoms with Gasteiger partial charge in [0.15, 0.2) is 4.96 Å². The van der Waals surface area contributed by atoms with Crippen LogP contribution in [0.2, 0.25) is 0 Å². The van der Waals surface area contributed by atoms with Crippen LogP contribution in [0.4, 0.5) is 4.39 Å². The minimum absolute atomic E-state index is 0.320. The van der Waals surface area contributed by atoms with E-state index in [1.807, 2.05) is 17.5 Å². The topological polar surface area (TPSA) is 26.5 Å². The average Bonchev–Trinajstić information content (AvgIpc) is 2.90. The number of aromatic nitrogens is 2. The van der Waals surface area contributed by atoms with E-state index in [1.165, 1.54) is 18.1 Å². The Morgan fingerprint density at radius 3 is 2.79 bits per heavy atom. The number of halogens is 1. The average molecular weight is 276 g/mol. The van der Waals surface area contributed by atoms with Gasteiger partial charge in [0.1, 0.15) is 11.6 Å². The number of rotatable bonds is 2. The van der Waals surface area contributed by atoms with Crippen LogP contribution in [-0.4, -0.2) is 16.5 Å². The van der Waals surface area contributed by atoms with Crippen molar-refractivity contribution in [3.63, 3.8) is 0 Å². The lowest BCUT2D eigenvalue weighted by Crippen LogP contribution is -1.91. The van der Waals surface area contributed by atoms with Crippen LogP contribution < -0.4 is 4.74 Å². The van der Waals surface area contributed by atoms with Gasteiger partial charge in [-0.1, -0.05) is 6.07 Å². The first kappa shape index (κ1) is 12.2. The fraction of sp³-hybridized carbons (Fsp3) is 0.214. The van der Waals surface area contributed by atoms with Crippen LogP contribution in [-0.2, 0) is 0 Å². The number of aryl methyl sites for hydroxylation is 2.